The minimum Gasteiger partial charge on any atom is -0.489 e. The molecule has 0 aliphatic carbocycles. The molecule has 0 saturated heterocycles. The van der Waals surface area contributed by atoms with Crippen molar-refractivity contribution in [3.8, 4) is 5.75 Å². The quantitative estimate of drug-likeness (QED) is 0.787. The van der Waals surface area contributed by atoms with Gasteiger partial charge in [0.2, 0.25) is 0 Å². The molecule has 0 aliphatic heterocycles. The first-order valence-corrected chi connectivity index (χ1v) is 5.09. The minimum atomic E-state index is -1.03. The molecule has 4 nitrogen and oxygen atoms in total. The van der Waals surface area contributed by atoms with Gasteiger partial charge in [-0.15, -0.1) is 0 Å². The summed E-state index contributed by atoms with van der Waals surface area (Å²) in [5.41, 5.74) is 6.22. The molecule has 0 fully saturated rings. The summed E-state index contributed by atoms with van der Waals surface area (Å²) in [6, 6.07) is 5.94. The Morgan fingerprint density at radius 2 is 2.12 bits per heavy atom. The molecule has 0 amide bonds. The zero-order valence-corrected chi connectivity index (χ0v) is 9.17. The van der Waals surface area contributed by atoms with E-state index in [-0.39, 0.29) is 13.0 Å². The number of nitrogens with two attached hydrogens (primary N) is 1. The lowest BCUT2D eigenvalue weighted by molar-refractivity contribution is -0.138. The van der Waals surface area contributed by atoms with E-state index in [2.05, 4.69) is 0 Å². The first kappa shape index (κ1) is 13.2. The van der Waals surface area contributed by atoms with Crippen LogP contribution in [-0.4, -0.2) is 23.7 Å². The van der Waals surface area contributed by atoms with Crippen LogP contribution in [0.3, 0.4) is 0 Å². The van der Waals surface area contributed by atoms with Crippen molar-refractivity contribution in [3.05, 3.63) is 42.2 Å². The van der Waals surface area contributed by atoms with Gasteiger partial charge in [-0.3, -0.25) is 4.79 Å². The number of carboxylic acids is 1. The van der Waals surface area contributed by atoms with Gasteiger partial charge >= 0.3 is 5.97 Å². The predicted octanol–water partition coefficient (Wildman–Crippen LogP) is 1.50. The molecule has 0 saturated carbocycles. The van der Waals surface area contributed by atoms with Crippen LogP contribution in [0.25, 0.3) is 0 Å². The summed E-state index contributed by atoms with van der Waals surface area (Å²) in [6.45, 7) is 0.157. The first-order valence-electron chi connectivity index (χ1n) is 5.09. The smallest absolute Gasteiger partial charge is 0.320 e. The van der Waals surface area contributed by atoms with Gasteiger partial charge in [-0.1, -0.05) is 12.1 Å². The monoisotopic (exact) mass is 238 g/mol. The van der Waals surface area contributed by atoms with Crippen LogP contribution in [0.2, 0.25) is 0 Å². The normalized spacial score (nSPS) is 12.6. The van der Waals surface area contributed by atoms with Gasteiger partial charge in [0.05, 0.1) is 6.33 Å². The third-order valence-corrected chi connectivity index (χ3v) is 2.13. The van der Waals surface area contributed by atoms with E-state index in [4.69, 9.17) is 15.6 Å². The number of benzene rings is 1. The van der Waals surface area contributed by atoms with Gasteiger partial charge in [0.1, 0.15) is 18.4 Å². The molecule has 0 aliphatic rings. The van der Waals surface area contributed by atoms with Gasteiger partial charge in [-0.25, -0.2) is 4.39 Å². The van der Waals surface area contributed by atoms with E-state index >= 15 is 0 Å². The summed E-state index contributed by atoms with van der Waals surface area (Å²) >= 11 is 0. The highest BCUT2D eigenvalue weighted by atomic mass is 18.2. The second kappa shape index (κ2) is 6.65. The summed E-state index contributed by atoms with van der Waals surface area (Å²) < 4.78 is 16.8. The van der Waals surface area contributed by atoms with Crippen LogP contribution in [0.15, 0.2) is 36.7 Å². The number of halogens is 1. The van der Waals surface area contributed by atoms with Crippen LogP contribution in [0, 0.1) is 0 Å². The van der Waals surface area contributed by atoms with Crippen LogP contribution in [-0.2, 0) is 11.2 Å². The molecule has 0 spiro atoms. The predicted molar refractivity (Wildman–Crippen MR) is 61.5 cm³/mol. The maximum Gasteiger partial charge on any atom is 0.320 e. The van der Waals surface area contributed by atoms with Gasteiger partial charge in [0, 0.05) is 0 Å². The molecule has 1 rings (SSSR count). The molecule has 1 atom stereocenters. The summed E-state index contributed by atoms with van der Waals surface area (Å²) in [6.07, 6.45) is 1.93. The lowest BCUT2D eigenvalue weighted by Crippen LogP contribution is -2.32. The Hall–Kier alpha value is -1.88. The average molecular weight is 238 g/mol. The zero-order chi connectivity index (χ0) is 12.7. The fourth-order valence-electron chi connectivity index (χ4n) is 1.24. The molecule has 1 aromatic rings. The van der Waals surface area contributed by atoms with Crippen LogP contribution in [0.1, 0.15) is 5.56 Å². The third kappa shape index (κ3) is 4.65. The van der Waals surface area contributed by atoms with Crippen molar-refractivity contribution in [1.29, 1.82) is 0 Å². The molecule has 1 aromatic carbocycles. The van der Waals surface area contributed by atoms with Gasteiger partial charge in [-0.2, -0.15) is 0 Å². The van der Waals surface area contributed by atoms with E-state index in [0.717, 1.165) is 5.56 Å². The Morgan fingerprint density at radius 3 is 2.65 bits per heavy atom. The highest BCUT2D eigenvalue weighted by molar-refractivity contribution is 5.73. The van der Waals surface area contributed by atoms with Crippen LogP contribution in [0.5, 0.6) is 5.75 Å². The number of aliphatic carboxylic acids is 1. The number of rotatable bonds is 6. The highest BCUT2D eigenvalue weighted by Crippen LogP contribution is 2.13. The molecule has 5 heteroatoms. The number of carbonyl (C=O) groups is 1. The zero-order valence-electron chi connectivity index (χ0n) is 9.17. The summed E-state index contributed by atoms with van der Waals surface area (Å²) in [4.78, 5) is 10.6. The Labute approximate surface area is 98.5 Å². The van der Waals surface area contributed by atoms with E-state index in [9.17, 15) is 9.18 Å². The van der Waals surface area contributed by atoms with Crippen molar-refractivity contribution in [3.63, 3.8) is 0 Å². The molecule has 0 aromatic heterocycles. The lowest BCUT2D eigenvalue weighted by atomic mass is 10.1. The molecular formula is C12H14FNO3. The minimum absolute atomic E-state index is 0.157. The Balaban J connectivity index is 2.52. The molecule has 17 heavy (non-hydrogen) atoms. The van der Waals surface area contributed by atoms with Crippen LogP contribution < -0.4 is 10.5 Å². The second-order valence-corrected chi connectivity index (χ2v) is 3.47. The molecule has 0 bridgehead atoms. The van der Waals surface area contributed by atoms with Crippen molar-refractivity contribution in [2.24, 2.45) is 5.73 Å². The number of carboxylic acid groups (broad SMARTS) is 1. The van der Waals surface area contributed by atoms with Gasteiger partial charge in [0.25, 0.3) is 0 Å². The van der Waals surface area contributed by atoms with Crippen molar-refractivity contribution in [2.75, 3.05) is 6.61 Å². The molecule has 0 heterocycles. The fraction of sp³-hybridized carbons (Fsp3) is 0.250. The van der Waals surface area contributed by atoms with Crippen LogP contribution in [0.4, 0.5) is 4.39 Å². The maximum absolute atomic E-state index is 11.6. The SMILES string of the molecule is NC(Cc1ccc(OCC=C[18F])cc1)C(=O)O. The molecule has 0 radical (unpaired) electrons. The van der Waals surface area contributed by atoms with E-state index in [1.165, 1.54) is 6.08 Å². The summed E-state index contributed by atoms with van der Waals surface area (Å²) in [5.74, 6) is -0.436. The summed E-state index contributed by atoms with van der Waals surface area (Å²) in [5, 5.41) is 8.65. The first-order chi connectivity index (χ1) is 8.13. The topological polar surface area (TPSA) is 72.5 Å². The second-order valence-electron chi connectivity index (χ2n) is 3.47. The molecular weight excluding hydrogens is 224 g/mol. The molecule has 3 N–H and O–H groups in total. The third-order valence-electron chi connectivity index (χ3n) is 2.13. The van der Waals surface area contributed by atoms with Gasteiger partial charge in [-0.05, 0) is 30.2 Å². The van der Waals surface area contributed by atoms with Crippen molar-refractivity contribution < 1.29 is 19.0 Å². The lowest BCUT2D eigenvalue weighted by Gasteiger charge is -2.07. The number of hydrogen-bond acceptors (Lipinski definition) is 3. The fourth-order valence-corrected chi connectivity index (χ4v) is 1.24. The average Bonchev–Trinajstić information content (AvgIpc) is 2.31. The van der Waals surface area contributed by atoms with E-state index in [1.54, 1.807) is 24.3 Å². The number of ether oxygens (including phenoxy) is 1. The Kier molecular flexibility index (Phi) is 5.16. The largest absolute Gasteiger partial charge is 0.489 e. The molecule has 1 unspecified atom stereocenters. The van der Waals surface area contributed by atoms with Crippen molar-refractivity contribution in [1.82, 2.24) is 0 Å². The number of hydrogen-bond donors (Lipinski definition) is 2. The van der Waals surface area contributed by atoms with Crippen molar-refractivity contribution >= 4 is 5.97 Å². The van der Waals surface area contributed by atoms with E-state index in [0.29, 0.717) is 12.1 Å². The van der Waals surface area contributed by atoms with Crippen molar-refractivity contribution in [2.45, 2.75) is 12.5 Å². The molecule has 92 valence electrons. The van der Waals surface area contributed by atoms with Crippen LogP contribution >= 0.6 is 0 Å². The Morgan fingerprint density at radius 1 is 1.47 bits per heavy atom. The van der Waals surface area contributed by atoms with Gasteiger partial charge < -0.3 is 15.6 Å². The van der Waals surface area contributed by atoms with Gasteiger partial charge in [0.15, 0.2) is 0 Å². The van der Waals surface area contributed by atoms with E-state index in [1.807, 2.05) is 0 Å². The summed E-state index contributed by atoms with van der Waals surface area (Å²) in [7, 11) is 0. The highest BCUT2D eigenvalue weighted by Gasteiger charge is 2.11. The van der Waals surface area contributed by atoms with E-state index < -0.39 is 12.0 Å². The standard InChI is InChI=1S/C12H14FNO3/c13-6-1-7-17-10-4-2-9(3-5-10)8-11(14)12(15)16/h1-6,11H,7-8,14H2,(H,15,16)/i13-1. The Bertz CT molecular complexity index is 389. The maximum atomic E-state index is 11.6.